The molecule has 1 aromatic heterocycles. The van der Waals surface area contributed by atoms with Gasteiger partial charge in [0.15, 0.2) is 5.82 Å². The number of amides is 1. The lowest BCUT2D eigenvalue weighted by molar-refractivity contribution is 0.0692. The second-order valence-electron chi connectivity index (χ2n) is 6.66. The van der Waals surface area contributed by atoms with Gasteiger partial charge >= 0.3 is 0 Å². The lowest BCUT2D eigenvalue weighted by atomic mass is 9.95. The van der Waals surface area contributed by atoms with Gasteiger partial charge in [0.2, 0.25) is 0 Å². The first-order valence-corrected chi connectivity index (χ1v) is 9.17. The van der Waals surface area contributed by atoms with Gasteiger partial charge in [-0.3, -0.25) is 4.79 Å². The van der Waals surface area contributed by atoms with Crippen LogP contribution in [0.15, 0.2) is 30.6 Å². The monoisotopic (exact) mass is 392 g/mol. The number of piperidine rings is 1. The number of methoxy groups -OCH3 is 1. The molecule has 1 aliphatic rings. The zero-order chi connectivity index (χ0) is 19.4. The summed E-state index contributed by atoms with van der Waals surface area (Å²) in [5.74, 6) is 0.935. The maximum absolute atomic E-state index is 13.5. The molecule has 1 amide bonds. The van der Waals surface area contributed by atoms with Crippen molar-refractivity contribution in [2.45, 2.75) is 12.8 Å². The highest BCUT2D eigenvalue weighted by Crippen LogP contribution is 2.26. The van der Waals surface area contributed by atoms with E-state index in [-0.39, 0.29) is 10.9 Å². The number of likely N-dealkylation sites (tertiary alicyclic amines) is 1. The molecule has 0 aliphatic carbocycles. The summed E-state index contributed by atoms with van der Waals surface area (Å²) in [4.78, 5) is 24.9. The van der Waals surface area contributed by atoms with Crippen LogP contribution in [0.3, 0.4) is 0 Å². The van der Waals surface area contributed by atoms with Gasteiger partial charge in [0.1, 0.15) is 5.82 Å². The third kappa shape index (κ3) is 4.66. The fourth-order valence-corrected chi connectivity index (χ4v) is 3.60. The summed E-state index contributed by atoms with van der Waals surface area (Å²) in [6, 6.07) is 3.93. The number of rotatable bonds is 5. The number of anilines is 1. The Morgan fingerprint density at radius 1 is 1.30 bits per heavy atom. The standard InChI is InChI=1S/C19H22ClFN4O2/c1-24(17-18(27-2)23-6-5-22-17)12-13-3-7-25(8-4-13)19(26)14-9-15(20)11-16(21)10-14/h5-6,9-11,13H,3-4,7-8,12H2,1-2H3. The summed E-state index contributed by atoms with van der Waals surface area (Å²) in [5, 5.41) is 0.229. The van der Waals surface area contributed by atoms with E-state index in [2.05, 4.69) is 9.97 Å². The first-order chi connectivity index (χ1) is 13.0. The van der Waals surface area contributed by atoms with Crippen molar-refractivity contribution in [1.29, 1.82) is 0 Å². The topological polar surface area (TPSA) is 58.6 Å². The Balaban J connectivity index is 1.58. The molecule has 6 nitrogen and oxygen atoms in total. The molecule has 3 rings (SSSR count). The average Bonchev–Trinajstić information content (AvgIpc) is 2.67. The number of halogens is 2. The van der Waals surface area contributed by atoms with Crippen LogP contribution in [0.1, 0.15) is 23.2 Å². The second-order valence-corrected chi connectivity index (χ2v) is 7.10. The summed E-state index contributed by atoms with van der Waals surface area (Å²) < 4.78 is 18.8. The fraction of sp³-hybridized carbons (Fsp3) is 0.421. The number of nitrogens with zero attached hydrogens (tertiary/aromatic N) is 4. The van der Waals surface area contributed by atoms with E-state index in [1.54, 1.807) is 24.4 Å². The van der Waals surface area contributed by atoms with Crippen LogP contribution in [-0.2, 0) is 0 Å². The quantitative estimate of drug-likeness (QED) is 0.781. The largest absolute Gasteiger partial charge is 0.478 e. The number of hydrogen-bond acceptors (Lipinski definition) is 5. The van der Waals surface area contributed by atoms with E-state index in [1.807, 2.05) is 11.9 Å². The molecule has 1 saturated heterocycles. The first kappa shape index (κ1) is 19.4. The molecule has 0 unspecified atom stereocenters. The summed E-state index contributed by atoms with van der Waals surface area (Å²) in [6.45, 7) is 2.05. The van der Waals surface area contributed by atoms with Gasteiger partial charge in [-0.1, -0.05) is 11.6 Å². The van der Waals surface area contributed by atoms with Gasteiger partial charge in [-0.15, -0.1) is 0 Å². The van der Waals surface area contributed by atoms with E-state index < -0.39 is 5.82 Å². The predicted octanol–water partition coefficient (Wildman–Crippen LogP) is 3.27. The van der Waals surface area contributed by atoms with Gasteiger partial charge in [0.25, 0.3) is 11.8 Å². The van der Waals surface area contributed by atoms with E-state index in [4.69, 9.17) is 16.3 Å². The van der Waals surface area contributed by atoms with E-state index in [0.29, 0.717) is 36.3 Å². The summed E-state index contributed by atoms with van der Waals surface area (Å²) in [6.07, 6.45) is 4.96. The molecule has 0 atom stereocenters. The van der Waals surface area contributed by atoms with Crippen molar-refractivity contribution in [2.75, 3.05) is 38.7 Å². The molecular formula is C19H22ClFN4O2. The zero-order valence-corrected chi connectivity index (χ0v) is 16.1. The molecule has 0 saturated carbocycles. The maximum Gasteiger partial charge on any atom is 0.257 e. The highest BCUT2D eigenvalue weighted by molar-refractivity contribution is 6.31. The van der Waals surface area contributed by atoms with E-state index >= 15 is 0 Å². The molecule has 27 heavy (non-hydrogen) atoms. The molecule has 0 bridgehead atoms. The van der Waals surface area contributed by atoms with Gasteiger partial charge < -0.3 is 14.5 Å². The number of ether oxygens (including phenoxy) is 1. The van der Waals surface area contributed by atoms with Gasteiger partial charge in [0, 0.05) is 49.7 Å². The molecule has 8 heteroatoms. The fourth-order valence-electron chi connectivity index (χ4n) is 3.38. The smallest absolute Gasteiger partial charge is 0.257 e. The number of hydrogen-bond donors (Lipinski definition) is 0. The van der Waals surface area contributed by atoms with Crippen molar-refractivity contribution in [3.05, 3.63) is 47.0 Å². The summed E-state index contributed by atoms with van der Waals surface area (Å²) in [5.41, 5.74) is 0.292. The van der Waals surface area contributed by atoms with Crippen LogP contribution in [-0.4, -0.2) is 54.6 Å². The van der Waals surface area contributed by atoms with Gasteiger partial charge in [-0.2, -0.15) is 0 Å². The van der Waals surface area contributed by atoms with Crippen molar-refractivity contribution in [3.8, 4) is 5.88 Å². The highest BCUT2D eigenvalue weighted by Gasteiger charge is 2.25. The Kier molecular flexibility index (Phi) is 6.11. The molecule has 2 aromatic rings. The second kappa shape index (κ2) is 8.52. The highest BCUT2D eigenvalue weighted by atomic mass is 35.5. The lowest BCUT2D eigenvalue weighted by Crippen LogP contribution is -2.41. The van der Waals surface area contributed by atoms with Gasteiger partial charge in [-0.05, 0) is 37.0 Å². The Bertz CT molecular complexity index is 792. The van der Waals surface area contributed by atoms with Crippen LogP contribution in [0.25, 0.3) is 0 Å². The van der Waals surface area contributed by atoms with Gasteiger partial charge in [0.05, 0.1) is 7.11 Å². The lowest BCUT2D eigenvalue weighted by Gasteiger charge is -2.34. The average molecular weight is 393 g/mol. The van der Waals surface area contributed by atoms with Crippen molar-refractivity contribution in [3.63, 3.8) is 0 Å². The number of carbonyl (C=O) groups excluding carboxylic acids is 1. The number of benzene rings is 1. The van der Waals surface area contributed by atoms with Crippen LogP contribution in [0, 0.1) is 11.7 Å². The maximum atomic E-state index is 13.5. The molecule has 1 fully saturated rings. The Morgan fingerprint density at radius 2 is 2.00 bits per heavy atom. The SMILES string of the molecule is COc1nccnc1N(C)CC1CCN(C(=O)c2cc(F)cc(Cl)c2)CC1. The number of aromatic nitrogens is 2. The van der Waals surface area contributed by atoms with E-state index in [9.17, 15) is 9.18 Å². The third-order valence-corrected chi connectivity index (χ3v) is 4.96. The molecule has 0 spiro atoms. The van der Waals surface area contributed by atoms with Crippen molar-refractivity contribution < 1.29 is 13.9 Å². The molecule has 144 valence electrons. The molecule has 2 heterocycles. The van der Waals surface area contributed by atoms with Crippen molar-refractivity contribution in [2.24, 2.45) is 5.92 Å². The predicted molar refractivity (Wildman–Crippen MR) is 102 cm³/mol. The molecule has 1 aliphatic heterocycles. The van der Waals surface area contributed by atoms with Gasteiger partial charge in [-0.25, -0.2) is 14.4 Å². The minimum Gasteiger partial charge on any atom is -0.478 e. The van der Waals surface area contributed by atoms with Crippen LogP contribution in [0.2, 0.25) is 5.02 Å². The molecule has 0 radical (unpaired) electrons. The van der Waals surface area contributed by atoms with Crippen LogP contribution >= 0.6 is 11.6 Å². The van der Waals surface area contributed by atoms with Crippen molar-refractivity contribution in [1.82, 2.24) is 14.9 Å². The normalized spacial score (nSPS) is 14.9. The molecular weight excluding hydrogens is 371 g/mol. The van der Waals surface area contributed by atoms with Crippen molar-refractivity contribution >= 4 is 23.3 Å². The Labute approximate surface area is 162 Å². The summed E-state index contributed by atoms with van der Waals surface area (Å²) >= 11 is 5.86. The zero-order valence-electron chi connectivity index (χ0n) is 15.4. The van der Waals surface area contributed by atoms with Crippen LogP contribution in [0.4, 0.5) is 10.2 Å². The Hall–Kier alpha value is -2.41. The minimum absolute atomic E-state index is 0.182. The van der Waals surface area contributed by atoms with E-state index in [0.717, 1.165) is 19.4 Å². The first-order valence-electron chi connectivity index (χ1n) is 8.79. The van der Waals surface area contributed by atoms with Crippen LogP contribution < -0.4 is 9.64 Å². The van der Waals surface area contributed by atoms with E-state index in [1.165, 1.54) is 18.2 Å². The minimum atomic E-state index is -0.500. The molecule has 1 aromatic carbocycles. The molecule has 0 N–H and O–H groups in total. The number of carbonyl (C=O) groups is 1. The Morgan fingerprint density at radius 3 is 2.67 bits per heavy atom. The van der Waals surface area contributed by atoms with Crippen LogP contribution in [0.5, 0.6) is 5.88 Å². The summed E-state index contributed by atoms with van der Waals surface area (Å²) in [7, 11) is 3.53. The third-order valence-electron chi connectivity index (χ3n) is 4.74.